The van der Waals surface area contributed by atoms with Crippen molar-refractivity contribution < 1.29 is 40.9 Å². The molecular formula is C24H47NaO2. The first-order valence-corrected chi connectivity index (χ1v) is 11.6. The van der Waals surface area contributed by atoms with Gasteiger partial charge in [-0.3, -0.25) is 4.79 Å². The molecule has 0 unspecified atom stereocenters. The van der Waals surface area contributed by atoms with Crippen molar-refractivity contribution in [3.05, 3.63) is 12.2 Å². The maximum absolute atomic E-state index is 10.4. The van der Waals surface area contributed by atoms with Gasteiger partial charge in [0.1, 0.15) is 0 Å². The fraction of sp³-hybridized carbons (Fsp3) is 0.875. The van der Waals surface area contributed by atoms with E-state index in [-0.39, 0.29) is 31.0 Å². The Hall–Kier alpha value is 0.210. The molecule has 0 radical (unpaired) electrons. The van der Waals surface area contributed by atoms with Crippen LogP contribution in [-0.2, 0) is 4.79 Å². The molecule has 0 aliphatic rings. The molecule has 0 heterocycles. The number of hydrogen-bond acceptors (Lipinski definition) is 1. The Labute approximate surface area is 193 Å². The summed E-state index contributed by atoms with van der Waals surface area (Å²) in [6, 6.07) is 0. The van der Waals surface area contributed by atoms with Crippen LogP contribution < -0.4 is 29.6 Å². The van der Waals surface area contributed by atoms with E-state index >= 15 is 0 Å². The van der Waals surface area contributed by atoms with Crippen LogP contribution in [-0.4, -0.2) is 11.1 Å². The maximum Gasteiger partial charge on any atom is 1.00 e. The Morgan fingerprint density at radius 3 is 1.33 bits per heavy atom. The predicted molar refractivity (Wildman–Crippen MR) is 116 cm³/mol. The van der Waals surface area contributed by atoms with Crippen LogP contribution in [0.1, 0.15) is 137 Å². The van der Waals surface area contributed by atoms with E-state index in [0.717, 1.165) is 12.8 Å². The molecule has 1 N–H and O–H groups in total. The van der Waals surface area contributed by atoms with Gasteiger partial charge >= 0.3 is 35.5 Å². The second-order valence-electron chi connectivity index (χ2n) is 7.85. The summed E-state index contributed by atoms with van der Waals surface area (Å²) in [7, 11) is 0. The van der Waals surface area contributed by atoms with Crippen molar-refractivity contribution >= 4 is 5.97 Å². The van der Waals surface area contributed by atoms with Gasteiger partial charge in [0, 0.05) is 6.42 Å². The van der Waals surface area contributed by atoms with E-state index in [2.05, 4.69) is 19.1 Å². The van der Waals surface area contributed by atoms with Crippen LogP contribution in [0.15, 0.2) is 12.2 Å². The van der Waals surface area contributed by atoms with Gasteiger partial charge in [-0.05, 0) is 32.1 Å². The van der Waals surface area contributed by atoms with Crippen LogP contribution in [0.2, 0.25) is 0 Å². The van der Waals surface area contributed by atoms with E-state index in [1.54, 1.807) is 0 Å². The van der Waals surface area contributed by atoms with Gasteiger partial charge in [-0.2, -0.15) is 0 Å². The molecule has 3 heteroatoms. The standard InChI is InChI=1S/C24H46O2.Na.H/c1-2-3-4-5-6-7-8-9-10-11-12-13-14-15-16-17-18-19-20-21-22-23-24(25)26;;/h9-10H,2-8,11-23H2,1H3,(H,25,26);;/q;+1;-1/b10-9-;;. The van der Waals surface area contributed by atoms with Crippen LogP contribution in [0.5, 0.6) is 0 Å². The number of rotatable bonds is 21. The molecule has 0 aliphatic heterocycles. The number of carboxylic acid groups (broad SMARTS) is 1. The number of unbranched alkanes of at least 4 members (excludes halogenated alkanes) is 17. The summed E-state index contributed by atoms with van der Waals surface area (Å²) in [6.07, 6.45) is 30.1. The summed E-state index contributed by atoms with van der Waals surface area (Å²) in [5, 5.41) is 8.57. The molecule has 0 bridgehead atoms. The van der Waals surface area contributed by atoms with Crippen molar-refractivity contribution in [3.63, 3.8) is 0 Å². The summed E-state index contributed by atoms with van der Waals surface area (Å²) >= 11 is 0. The largest absolute Gasteiger partial charge is 1.00 e. The minimum Gasteiger partial charge on any atom is -1.00 e. The Morgan fingerprint density at radius 1 is 0.630 bits per heavy atom. The van der Waals surface area contributed by atoms with E-state index in [4.69, 9.17) is 5.11 Å². The molecule has 0 spiro atoms. The van der Waals surface area contributed by atoms with Gasteiger partial charge in [0.2, 0.25) is 0 Å². The Bertz CT molecular complexity index is 322. The van der Waals surface area contributed by atoms with Crippen molar-refractivity contribution in [2.24, 2.45) is 0 Å². The molecule has 0 aliphatic carbocycles. The second kappa shape index (κ2) is 26.2. The third-order valence-corrected chi connectivity index (χ3v) is 5.15. The molecule has 156 valence electrons. The van der Waals surface area contributed by atoms with Gasteiger partial charge < -0.3 is 6.53 Å². The first kappa shape index (κ1) is 29.4. The molecule has 0 saturated carbocycles. The third kappa shape index (κ3) is 28.5. The molecule has 0 aromatic carbocycles. The molecule has 0 aromatic rings. The summed E-state index contributed by atoms with van der Waals surface area (Å²) in [4.78, 5) is 10.4. The monoisotopic (exact) mass is 390 g/mol. The molecule has 2 nitrogen and oxygen atoms in total. The van der Waals surface area contributed by atoms with E-state index in [1.807, 2.05) is 0 Å². The van der Waals surface area contributed by atoms with Gasteiger partial charge in [0.05, 0.1) is 0 Å². The van der Waals surface area contributed by atoms with Crippen LogP contribution >= 0.6 is 0 Å². The van der Waals surface area contributed by atoms with E-state index in [0.29, 0.717) is 6.42 Å². The molecule has 27 heavy (non-hydrogen) atoms. The van der Waals surface area contributed by atoms with Gasteiger partial charge in [-0.25, -0.2) is 0 Å². The van der Waals surface area contributed by atoms with Gasteiger partial charge in [-0.1, -0.05) is 109 Å². The molecule has 0 aromatic heterocycles. The van der Waals surface area contributed by atoms with Crippen molar-refractivity contribution in [2.45, 2.75) is 135 Å². The smallest absolute Gasteiger partial charge is 1.00 e. The van der Waals surface area contributed by atoms with Crippen LogP contribution in [0.3, 0.4) is 0 Å². The SMILES string of the molecule is CCCCCCCC/C=C\CCCCCCCCCCCCCC(=O)O.[H-].[Na+]. The van der Waals surface area contributed by atoms with Crippen molar-refractivity contribution in [1.29, 1.82) is 0 Å². The fourth-order valence-electron chi connectivity index (χ4n) is 3.41. The number of hydrogen-bond donors (Lipinski definition) is 1. The van der Waals surface area contributed by atoms with E-state index < -0.39 is 5.97 Å². The molecule has 0 rings (SSSR count). The van der Waals surface area contributed by atoms with Crippen molar-refractivity contribution in [3.8, 4) is 0 Å². The zero-order valence-electron chi connectivity index (χ0n) is 19.7. The van der Waals surface area contributed by atoms with Crippen LogP contribution in [0.4, 0.5) is 0 Å². The Kier molecular flexibility index (Phi) is 28.6. The minimum absolute atomic E-state index is 0. The molecule has 0 fully saturated rings. The third-order valence-electron chi connectivity index (χ3n) is 5.15. The first-order valence-electron chi connectivity index (χ1n) is 11.6. The molecule has 0 amide bonds. The maximum atomic E-state index is 10.4. The second-order valence-corrected chi connectivity index (χ2v) is 7.85. The van der Waals surface area contributed by atoms with E-state index in [1.165, 1.54) is 109 Å². The molecular weight excluding hydrogens is 343 g/mol. The zero-order chi connectivity index (χ0) is 19.1. The van der Waals surface area contributed by atoms with Gasteiger partial charge in [0.25, 0.3) is 0 Å². The Balaban J connectivity index is -0.00000312. The van der Waals surface area contributed by atoms with Crippen molar-refractivity contribution in [2.75, 3.05) is 0 Å². The van der Waals surface area contributed by atoms with Crippen LogP contribution in [0, 0.1) is 0 Å². The minimum atomic E-state index is -0.654. The predicted octanol–water partition coefficient (Wildman–Crippen LogP) is 5.57. The quantitative estimate of drug-likeness (QED) is 0.158. The number of carbonyl (C=O) groups is 1. The summed E-state index contributed by atoms with van der Waals surface area (Å²) < 4.78 is 0. The van der Waals surface area contributed by atoms with Gasteiger partial charge in [0.15, 0.2) is 0 Å². The summed E-state index contributed by atoms with van der Waals surface area (Å²) in [6.45, 7) is 2.28. The number of carboxylic acids is 1. The number of aliphatic carboxylic acids is 1. The zero-order valence-corrected chi connectivity index (χ0v) is 20.7. The normalized spacial score (nSPS) is 11.0. The van der Waals surface area contributed by atoms with Crippen LogP contribution in [0.25, 0.3) is 0 Å². The average Bonchev–Trinajstić information content (AvgIpc) is 2.62. The average molecular weight is 391 g/mol. The Morgan fingerprint density at radius 2 is 0.963 bits per heavy atom. The fourth-order valence-corrected chi connectivity index (χ4v) is 3.41. The van der Waals surface area contributed by atoms with E-state index in [9.17, 15) is 4.79 Å². The topological polar surface area (TPSA) is 37.3 Å². The molecule has 0 atom stereocenters. The summed E-state index contributed by atoms with van der Waals surface area (Å²) in [5.74, 6) is -0.654. The van der Waals surface area contributed by atoms with Gasteiger partial charge in [-0.15, -0.1) is 0 Å². The summed E-state index contributed by atoms with van der Waals surface area (Å²) in [5.41, 5.74) is 0. The van der Waals surface area contributed by atoms with Crippen molar-refractivity contribution in [1.82, 2.24) is 0 Å². The molecule has 0 saturated heterocycles. The first-order chi connectivity index (χ1) is 12.8. The number of allylic oxidation sites excluding steroid dienone is 2.